The summed E-state index contributed by atoms with van der Waals surface area (Å²) < 4.78 is 22.9. The van der Waals surface area contributed by atoms with E-state index in [1.54, 1.807) is 46.6 Å². The molecule has 3 aromatic rings. The van der Waals surface area contributed by atoms with Crippen LogP contribution in [0.5, 0.6) is 23.0 Å². The number of carbonyl (C=O) groups excluding carboxylic acids is 1. The van der Waals surface area contributed by atoms with Crippen LogP contribution in [0.4, 0.5) is 5.69 Å². The summed E-state index contributed by atoms with van der Waals surface area (Å²) in [7, 11) is 8.12. The zero-order chi connectivity index (χ0) is 22.4. The maximum absolute atomic E-state index is 12.4. The van der Waals surface area contributed by atoms with Crippen LogP contribution in [0.15, 0.2) is 41.6 Å². The molecule has 10 heteroatoms. The number of methoxy groups -OCH3 is 4. The molecule has 31 heavy (non-hydrogen) atoms. The van der Waals surface area contributed by atoms with Crippen molar-refractivity contribution >= 4 is 23.4 Å². The highest BCUT2D eigenvalue weighted by molar-refractivity contribution is 7.99. The first-order valence-electron chi connectivity index (χ1n) is 9.27. The first-order chi connectivity index (χ1) is 15.0. The van der Waals surface area contributed by atoms with Crippen LogP contribution < -0.4 is 24.3 Å². The minimum atomic E-state index is -0.173. The number of anilines is 1. The molecule has 0 fully saturated rings. The third-order valence-corrected chi connectivity index (χ3v) is 5.50. The van der Waals surface area contributed by atoms with Crippen molar-refractivity contribution in [1.82, 2.24) is 14.8 Å². The fraction of sp³-hybridized carbons (Fsp3) is 0.286. The fourth-order valence-electron chi connectivity index (χ4n) is 2.91. The third-order valence-electron chi connectivity index (χ3n) is 4.48. The van der Waals surface area contributed by atoms with Gasteiger partial charge in [-0.1, -0.05) is 11.8 Å². The summed E-state index contributed by atoms with van der Waals surface area (Å²) in [5.41, 5.74) is 1.45. The van der Waals surface area contributed by atoms with Gasteiger partial charge in [-0.2, -0.15) is 0 Å². The minimum Gasteiger partial charge on any atom is -0.493 e. The Labute approximate surface area is 184 Å². The smallest absolute Gasteiger partial charge is 0.234 e. The van der Waals surface area contributed by atoms with E-state index in [1.807, 2.05) is 29.8 Å². The Balaban J connectivity index is 1.67. The lowest BCUT2D eigenvalue weighted by molar-refractivity contribution is -0.113. The van der Waals surface area contributed by atoms with Crippen LogP contribution >= 0.6 is 11.8 Å². The Kier molecular flexibility index (Phi) is 7.24. The average molecular weight is 445 g/mol. The van der Waals surface area contributed by atoms with Gasteiger partial charge in [-0.15, -0.1) is 10.2 Å². The Hall–Kier alpha value is -3.40. The molecule has 9 nitrogen and oxygen atoms in total. The van der Waals surface area contributed by atoms with Crippen molar-refractivity contribution in [3.05, 3.63) is 36.4 Å². The van der Waals surface area contributed by atoms with Gasteiger partial charge in [0.05, 0.1) is 34.2 Å². The van der Waals surface area contributed by atoms with Crippen LogP contribution in [0.1, 0.15) is 0 Å². The van der Waals surface area contributed by atoms with Crippen molar-refractivity contribution in [2.75, 3.05) is 39.5 Å². The fourth-order valence-corrected chi connectivity index (χ4v) is 3.62. The number of amides is 1. The maximum Gasteiger partial charge on any atom is 0.234 e. The van der Waals surface area contributed by atoms with Crippen molar-refractivity contribution in [2.45, 2.75) is 5.16 Å². The van der Waals surface area contributed by atoms with Crippen LogP contribution in [0.25, 0.3) is 11.4 Å². The topological polar surface area (TPSA) is 96.7 Å². The number of ether oxygens (including phenoxy) is 4. The molecule has 0 saturated carbocycles. The lowest BCUT2D eigenvalue weighted by Crippen LogP contribution is -2.14. The molecule has 0 spiro atoms. The Morgan fingerprint density at radius 1 is 0.903 bits per heavy atom. The Morgan fingerprint density at radius 2 is 1.52 bits per heavy atom. The highest BCUT2D eigenvalue weighted by Crippen LogP contribution is 2.33. The zero-order valence-electron chi connectivity index (χ0n) is 18.0. The molecule has 0 aliphatic rings. The van der Waals surface area contributed by atoms with Gasteiger partial charge in [0.25, 0.3) is 0 Å². The van der Waals surface area contributed by atoms with Gasteiger partial charge in [-0.25, -0.2) is 0 Å². The van der Waals surface area contributed by atoms with Crippen LogP contribution in [0, 0.1) is 0 Å². The summed E-state index contributed by atoms with van der Waals surface area (Å²) in [5, 5.41) is 11.9. The second-order valence-electron chi connectivity index (χ2n) is 6.34. The van der Waals surface area contributed by atoms with Crippen molar-refractivity contribution in [3.63, 3.8) is 0 Å². The van der Waals surface area contributed by atoms with Crippen molar-refractivity contribution < 1.29 is 23.7 Å². The van der Waals surface area contributed by atoms with E-state index >= 15 is 0 Å². The molecule has 0 radical (unpaired) electrons. The molecular weight excluding hydrogens is 420 g/mol. The second-order valence-corrected chi connectivity index (χ2v) is 7.28. The van der Waals surface area contributed by atoms with Gasteiger partial charge in [0, 0.05) is 24.4 Å². The number of rotatable bonds is 9. The molecule has 0 atom stereocenters. The molecular formula is C21H24N4O5S. The monoisotopic (exact) mass is 444 g/mol. The molecule has 1 aromatic heterocycles. The SMILES string of the molecule is COc1ccc(NC(=O)CSc2nnc(-c3ccc(OC)c(OC)c3)n2C)cc1OC. The minimum absolute atomic E-state index is 0.173. The van der Waals surface area contributed by atoms with E-state index in [9.17, 15) is 4.79 Å². The number of hydrogen-bond donors (Lipinski definition) is 1. The molecule has 0 bridgehead atoms. The average Bonchev–Trinajstić information content (AvgIpc) is 3.17. The molecule has 3 rings (SSSR count). The van der Waals surface area contributed by atoms with E-state index in [1.165, 1.54) is 11.8 Å². The number of aromatic nitrogens is 3. The number of benzene rings is 2. The summed E-state index contributed by atoms with van der Waals surface area (Å²) in [6.45, 7) is 0. The lowest BCUT2D eigenvalue weighted by Gasteiger charge is -2.10. The number of nitrogens with one attached hydrogen (secondary N) is 1. The second kappa shape index (κ2) is 10.1. The highest BCUT2D eigenvalue weighted by atomic mass is 32.2. The predicted octanol–water partition coefficient (Wildman–Crippen LogP) is 3.25. The molecule has 1 N–H and O–H groups in total. The normalized spacial score (nSPS) is 10.5. The molecule has 164 valence electrons. The van der Waals surface area contributed by atoms with E-state index in [-0.39, 0.29) is 11.7 Å². The third kappa shape index (κ3) is 5.02. The summed E-state index contributed by atoms with van der Waals surface area (Å²) in [5.74, 6) is 3.03. The predicted molar refractivity (Wildman–Crippen MR) is 118 cm³/mol. The molecule has 1 amide bonds. The van der Waals surface area contributed by atoms with E-state index in [2.05, 4.69) is 15.5 Å². The number of nitrogens with zero attached hydrogens (tertiary/aromatic N) is 3. The van der Waals surface area contributed by atoms with Crippen molar-refractivity contribution in [3.8, 4) is 34.4 Å². The van der Waals surface area contributed by atoms with Crippen LogP contribution in [-0.4, -0.2) is 54.9 Å². The summed E-state index contributed by atoms with van der Waals surface area (Å²) >= 11 is 1.29. The number of thioether (sulfide) groups is 1. The summed E-state index contributed by atoms with van der Waals surface area (Å²) in [6.07, 6.45) is 0. The first-order valence-corrected chi connectivity index (χ1v) is 10.3. The standard InChI is InChI=1S/C21H24N4O5S/c1-25-20(13-6-8-15(27-2)17(10-13)29-4)23-24-21(25)31-12-19(26)22-14-7-9-16(28-3)18(11-14)30-5/h6-11H,12H2,1-5H3,(H,22,26). The Morgan fingerprint density at radius 3 is 2.16 bits per heavy atom. The van der Waals surface area contributed by atoms with Gasteiger partial charge >= 0.3 is 0 Å². The van der Waals surface area contributed by atoms with Crippen molar-refractivity contribution in [2.24, 2.45) is 7.05 Å². The van der Waals surface area contributed by atoms with Crippen LogP contribution in [0.3, 0.4) is 0 Å². The van der Waals surface area contributed by atoms with E-state index < -0.39 is 0 Å². The molecule has 0 aliphatic heterocycles. The molecule has 0 unspecified atom stereocenters. The lowest BCUT2D eigenvalue weighted by atomic mass is 10.2. The molecule has 1 heterocycles. The van der Waals surface area contributed by atoms with Gasteiger partial charge in [-0.05, 0) is 30.3 Å². The molecule has 0 saturated heterocycles. The quantitative estimate of drug-likeness (QED) is 0.503. The van der Waals surface area contributed by atoms with E-state index in [0.717, 1.165) is 5.56 Å². The van der Waals surface area contributed by atoms with Crippen molar-refractivity contribution in [1.29, 1.82) is 0 Å². The van der Waals surface area contributed by atoms with Crippen LogP contribution in [0.2, 0.25) is 0 Å². The van der Waals surface area contributed by atoms with Gasteiger partial charge in [-0.3, -0.25) is 4.79 Å². The number of hydrogen-bond acceptors (Lipinski definition) is 8. The maximum atomic E-state index is 12.4. The summed E-state index contributed by atoms with van der Waals surface area (Å²) in [4.78, 5) is 12.4. The van der Waals surface area contributed by atoms with Gasteiger partial charge < -0.3 is 28.8 Å². The Bertz CT molecular complexity index is 1070. The van der Waals surface area contributed by atoms with Crippen LogP contribution in [-0.2, 0) is 11.8 Å². The first kappa shape index (κ1) is 22.3. The molecule has 2 aromatic carbocycles. The highest BCUT2D eigenvalue weighted by Gasteiger charge is 2.15. The zero-order valence-corrected chi connectivity index (χ0v) is 18.8. The molecule has 0 aliphatic carbocycles. The van der Waals surface area contributed by atoms with Gasteiger partial charge in [0.15, 0.2) is 34.0 Å². The largest absolute Gasteiger partial charge is 0.493 e. The van der Waals surface area contributed by atoms with Gasteiger partial charge in [0.2, 0.25) is 5.91 Å². The summed E-state index contributed by atoms with van der Waals surface area (Å²) in [6, 6.07) is 10.7. The number of carbonyl (C=O) groups is 1. The van der Waals surface area contributed by atoms with E-state index in [0.29, 0.717) is 39.7 Å². The van der Waals surface area contributed by atoms with Gasteiger partial charge in [0.1, 0.15) is 0 Å². The van der Waals surface area contributed by atoms with E-state index in [4.69, 9.17) is 18.9 Å².